The maximum atomic E-state index is 14.0. The molecule has 3 rings (SSSR count). The van der Waals surface area contributed by atoms with Gasteiger partial charge < -0.3 is 24.8 Å². The van der Waals surface area contributed by atoms with Crippen molar-refractivity contribution in [1.29, 1.82) is 0 Å². The van der Waals surface area contributed by atoms with Gasteiger partial charge in [-0.25, -0.2) is 4.39 Å². The van der Waals surface area contributed by atoms with Gasteiger partial charge in [0.2, 0.25) is 6.79 Å². The second-order valence-electron chi connectivity index (χ2n) is 5.83. The lowest BCUT2D eigenvalue weighted by Gasteiger charge is -2.42. The van der Waals surface area contributed by atoms with Gasteiger partial charge in [-0.15, -0.1) is 0 Å². The van der Waals surface area contributed by atoms with Crippen LogP contribution in [0.4, 0.5) is 4.39 Å². The molecule has 0 radical (unpaired) electrons. The van der Waals surface area contributed by atoms with Gasteiger partial charge in [0.25, 0.3) is 0 Å². The van der Waals surface area contributed by atoms with Crippen molar-refractivity contribution in [2.75, 3.05) is 19.9 Å². The molecule has 1 aromatic rings. The van der Waals surface area contributed by atoms with Crippen molar-refractivity contribution in [3.63, 3.8) is 0 Å². The maximum Gasteiger partial charge on any atom is 0.231 e. The van der Waals surface area contributed by atoms with E-state index in [9.17, 15) is 19.7 Å². The number of aliphatic hydroxyl groups is 3. The minimum Gasteiger partial charge on any atom is -0.454 e. The molecule has 6 nitrogen and oxygen atoms in total. The number of likely N-dealkylation sites (tertiary alicyclic amines) is 1. The standard InChI is InChI=1S/C15H20FNO5/c1-8-14(19)15(20)11(18)6-17(8)3-2-9-4-12-13(5-10(9)16)22-7-21-12/h4-5,8,11,14-15,18-20H,2-3,6-7H2,1H3/t8-,11+,14-,15-/m1/s1. The smallest absolute Gasteiger partial charge is 0.231 e. The number of hydrogen-bond acceptors (Lipinski definition) is 6. The van der Waals surface area contributed by atoms with Crippen molar-refractivity contribution in [1.82, 2.24) is 4.90 Å². The predicted molar refractivity (Wildman–Crippen MR) is 75.3 cm³/mol. The number of piperidine rings is 1. The van der Waals surface area contributed by atoms with Crippen molar-refractivity contribution < 1.29 is 29.2 Å². The molecular weight excluding hydrogens is 293 g/mol. The summed E-state index contributed by atoms with van der Waals surface area (Å²) in [6.45, 7) is 2.57. The molecule has 2 heterocycles. The first kappa shape index (κ1) is 15.5. The highest BCUT2D eigenvalue weighted by molar-refractivity contribution is 5.45. The van der Waals surface area contributed by atoms with Crippen LogP contribution in [0.15, 0.2) is 12.1 Å². The van der Waals surface area contributed by atoms with E-state index in [1.54, 1.807) is 13.0 Å². The summed E-state index contributed by atoms with van der Waals surface area (Å²) in [7, 11) is 0. The van der Waals surface area contributed by atoms with Gasteiger partial charge in [0, 0.05) is 25.2 Å². The van der Waals surface area contributed by atoms with E-state index in [1.165, 1.54) is 6.07 Å². The Bertz CT molecular complexity index is 555. The third-order valence-electron chi connectivity index (χ3n) is 4.45. The largest absolute Gasteiger partial charge is 0.454 e. The molecule has 0 saturated carbocycles. The van der Waals surface area contributed by atoms with E-state index in [0.717, 1.165) is 0 Å². The van der Waals surface area contributed by atoms with E-state index in [1.807, 2.05) is 4.90 Å². The number of fused-ring (bicyclic) bond motifs is 1. The second-order valence-corrected chi connectivity index (χ2v) is 5.83. The lowest BCUT2D eigenvalue weighted by atomic mass is 9.94. The Balaban J connectivity index is 1.67. The molecule has 0 aliphatic carbocycles. The molecular formula is C15H20FNO5. The quantitative estimate of drug-likeness (QED) is 0.722. The average Bonchev–Trinajstić information content (AvgIpc) is 2.94. The van der Waals surface area contributed by atoms with E-state index in [-0.39, 0.29) is 25.2 Å². The number of ether oxygens (including phenoxy) is 2. The zero-order valence-corrected chi connectivity index (χ0v) is 12.3. The highest BCUT2D eigenvalue weighted by Crippen LogP contribution is 2.34. The fourth-order valence-electron chi connectivity index (χ4n) is 2.95. The van der Waals surface area contributed by atoms with Crippen LogP contribution >= 0.6 is 0 Å². The minimum absolute atomic E-state index is 0.0949. The van der Waals surface area contributed by atoms with E-state index >= 15 is 0 Å². The SMILES string of the molecule is C[C@@H]1[C@@H](O)[C@H](O)[C@@H](O)CN1CCc1cc2c(cc1F)OCO2. The van der Waals surface area contributed by atoms with Crippen LogP contribution in [0.3, 0.4) is 0 Å². The van der Waals surface area contributed by atoms with Crippen molar-refractivity contribution in [2.45, 2.75) is 37.7 Å². The van der Waals surface area contributed by atoms with Crippen LogP contribution < -0.4 is 9.47 Å². The van der Waals surface area contributed by atoms with Crippen molar-refractivity contribution >= 4 is 0 Å². The van der Waals surface area contributed by atoms with Crippen LogP contribution in [0, 0.1) is 5.82 Å². The van der Waals surface area contributed by atoms with E-state index in [2.05, 4.69) is 0 Å². The first-order chi connectivity index (χ1) is 10.5. The molecule has 22 heavy (non-hydrogen) atoms. The molecule has 0 unspecified atom stereocenters. The molecule has 3 N–H and O–H groups in total. The molecule has 2 aliphatic rings. The summed E-state index contributed by atoms with van der Waals surface area (Å²) < 4.78 is 24.4. The summed E-state index contributed by atoms with van der Waals surface area (Å²) in [6, 6.07) is 2.62. The molecule has 1 fully saturated rings. The number of benzene rings is 1. The number of hydrogen-bond donors (Lipinski definition) is 3. The van der Waals surface area contributed by atoms with E-state index < -0.39 is 18.3 Å². The molecule has 0 aromatic heterocycles. The number of nitrogens with zero attached hydrogens (tertiary/aromatic N) is 1. The van der Waals surface area contributed by atoms with Gasteiger partial charge in [-0.3, -0.25) is 4.90 Å². The second kappa shape index (κ2) is 6.00. The Morgan fingerprint density at radius 1 is 1.18 bits per heavy atom. The van der Waals surface area contributed by atoms with Gasteiger partial charge in [-0.05, 0) is 25.0 Å². The fraction of sp³-hybridized carbons (Fsp3) is 0.600. The molecule has 122 valence electrons. The summed E-state index contributed by atoms with van der Waals surface area (Å²) in [5, 5.41) is 29.3. The zero-order chi connectivity index (χ0) is 15.9. The highest BCUT2D eigenvalue weighted by atomic mass is 19.1. The van der Waals surface area contributed by atoms with Gasteiger partial charge in [0.05, 0.1) is 12.2 Å². The van der Waals surface area contributed by atoms with Crippen LogP contribution in [-0.4, -0.2) is 64.5 Å². The first-order valence-electron chi connectivity index (χ1n) is 7.33. The normalized spacial score (nSPS) is 31.5. The Morgan fingerprint density at radius 3 is 2.59 bits per heavy atom. The number of β-amino-alcohol motifs (C(OH)–C–C–N with tert-alkyl or cyclic N) is 1. The minimum atomic E-state index is -1.14. The van der Waals surface area contributed by atoms with E-state index in [4.69, 9.17) is 9.47 Å². The van der Waals surface area contributed by atoms with Crippen LogP contribution in [0.5, 0.6) is 11.5 Å². The fourth-order valence-corrected chi connectivity index (χ4v) is 2.95. The average molecular weight is 313 g/mol. The van der Waals surface area contributed by atoms with Crippen LogP contribution in [0.1, 0.15) is 12.5 Å². The Hall–Kier alpha value is -1.41. The highest BCUT2D eigenvalue weighted by Gasteiger charge is 2.38. The molecule has 4 atom stereocenters. The van der Waals surface area contributed by atoms with Gasteiger partial charge in [0.1, 0.15) is 11.9 Å². The summed E-state index contributed by atoms with van der Waals surface area (Å²) in [4.78, 5) is 1.84. The molecule has 0 bridgehead atoms. The van der Waals surface area contributed by atoms with Crippen LogP contribution in [-0.2, 0) is 6.42 Å². The van der Waals surface area contributed by atoms with Crippen LogP contribution in [0.25, 0.3) is 0 Å². The molecule has 1 aromatic carbocycles. The van der Waals surface area contributed by atoms with Gasteiger partial charge >= 0.3 is 0 Å². The number of halogens is 1. The monoisotopic (exact) mass is 313 g/mol. The number of aliphatic hydroxyl groups excluding tert-OH is 3. The lowest BCUT2D eigenvalue weighted by Crippen LogP contribution is -2.60. The molecule has 1 saturated heterocycles. The topological polar surface area (TPSA) is 82.4 Å². The molecule has 0 spiro atoms. The predicted octanol–water partition coefficient (Wildman–Crippen LogP) is -0.116. The molecule has 2 aliphatic heterocycles. The van der Waals surface area contributed by atoms with Crippen molar-refractivity contribution in [3.8, 4) is 11.5 Å². The summed E-state index contributed by atoms with van der Waals surface area (Å²) >= 11 is 0. The summed E-state index contributed by atoms with van der Waals surface area (Å²) in [5.41, 5.74) is 0.492. The van der Waals surface area contributed by atoms with Gasteiger partial charge in [-0.1, -0.05) is 0 Å². The Kier molecular flexibility index (Phi) is 4.22. The lowest BCUT2D eigenvalue weighted by molar-refractivity contribution is -0.132. The third-order valence-corrected chi connectivity index (χ3v) is 4.45. The van der Waals surface area contributed by atoms with Gasteiger partial charge in [0.15, 0.2) is 11.5 Å². The maximum absolute atomic E-state index is 14.0. The Labute approximate surface area is 127 Å². The van der Waals surface area contributed by atoms with Crippen molar-refractivity contribution in [3.05, 3.63) is 23.5 Å². The number of rotatable bonds is 3. The first-order valence-corrected chi connectivity index (χ1v) is 7.33. The van der Waals surface area contributed by atoms with Crippen LogP contribution in [0.2, 0.25) is 0 Å². The zero-order valence-electron chi connectivity index (χ0n) is 12.3. The third kappa shape index (κ3) is 2.77. The Morgan fingerprint density at radius 2 is 1.86 bits per heavy atom. The van der Waals surface area contributed by atoms with E-state index in [0.29, 0.717) is 30.0 Å². The van der Waals surface area contributed by atoms with Crippen molar-refractivity contribution in [2.24, 2.45) is 0 Å². The summed E-state index contributed by atoms with van der Waals surface area (Å²) in [5.74, 6) is 0.565. The molecule has 7 heteroatoms. The summed E-state index contributed by atoms with van der Waals surface area (Å²) in [6.07, 6.45) is -2.77. The molecule has 0 amide bonds. The van der Waals surface area contributed by atoms with Gasteiger partial charge in [-0.2, -0.15) is 0 Å².